The molecule has 0 amide bonds. The second-order valence-electron chi connectivity index (χ2n) is 4.51. The molecule has 0 saturated carbocycles. The molecule has 0 atom stereocenters. The summed E-state index contributed by atoms with van der Waals surface area (Å²) in [5, 5.41) is 0. The zero-order valence-corrected chi connectivity index (χ0v) is 11.7. The number of carbonyl (C=O) groups excluding carboxylic acids is 2. The largest absolute Gasteiger partial charge is 0.489 e. The number of rotatable bonds is 6. The molecule has 108 valence electrons. The molecule has 0 spiro atoms. The van der Waals surface area contributed by atoms with Crippen LogP contribution < -0.4 is 4.74 Å². The van der Waals surface area contributed by atoms with Crippen LogP contribution in [0.2, 0.25) is 0 Å². The molecule has 0 fully saturated rings. The zero-order valence-electron chi connectivity index (χ0n) is 11.7. The predicted octanol–water partition coefficient (Wildman–Crippen LogP) is 2.79. The van der Waals surface area contributed by atoms with Crippen LogP contribution in [0.1, 0.15) is 21.5 Å². The highest BCUT2D eigenvalue weighted by Crippen LogP contribution is 2.19. The molecule has 0 heterocycles. The van der Waals surface area contributed by atoms with Gasteiger partial charge in [-0.3, -0.25) is 9.59 Å². The molecular formula is C17H16O4. The Bertz CT molecular complexity index is 620. The van der Waals surface area contributed by atoms with E-state index >= 15 is 0 Å². The minimum atomic E-state index is -0.390. The number of hydrogen-bond acceptors (Lipinski definition) is 4. The van der Waals surface area contributed by atoms with Crippen molar-refractivity contribution in [3.05, 3.63) is 65.2 Å². The van der Waals surface area contributed by atoms with Crippen LogP contribution in [0.15, 0.2) is 48.5 Å². The summed E-state index contributed by atoms with van der Waals surface area (Å²) in [6, 6.07) is 14.8. The molecule has 0 aliphatic heterocycles. The molecule has 2 aromatic carbocycles. The predicted molar refractivity (Wildman–Crippen MR) is 78.3 cm³/mol. The summed E-state index contributed by atoms with van der Waals surface area (Å²) in [6.07, 6.45) is 0.770. The van der Waals surface area contributed by atoms with Crippen molar-refractivity contribution in [1.82, 2.24) is 0 Å². The van der Waals surface area contributed by atoms with Gasteiger partial charge in [-0.15, -0.1) is 0 Å². The van der Waals surface area contributed by atoms with Crippen LogP contribution in [-0.2, 0) is 22.6 Å². The van der Waals surface area contributed by atoms with E-state index in [1.807, 2.05) is 30.3 Å². The Labute approximate surface area is 123 Å². The smallest absolute Gasteiger partial charge is 0.310 e. The first-order valence-electron chi connectivity index (χ1n) is 6.54. The van der Waals surface area contributed by atoms with Gasteiger partial charge in [0.05, 0.1) is 13.5 Å². The number of methoxy groups -OCH3 is 1. The Morgan fingerprint density at radius 2 is 1.90 bits per heavy atom. The quantitative estimate of drug-likeness (QED) is 0.604. The lowest BCUT2D eigenvalue weighted by atomic mass is 10.1. The van der Waals surface area contributed by atoms with Crippen molar-refractivity contribution in [3.8, 4) is 5.75 Å². The molecular weight excluding hydrogens is 268 g/mol. The van der Waals surface area contributed by atoms with E-state index in [2.05, 4.69) is 4.74 Å². The number of carbonyl (C=O) groups is 2. The third-order valence-electron chi connectivity index (χ3n) is 3.05. The fourth-order valence-electron chi connectivity index (χ4n) is 1.91. The Morgan fingerprint density at radius 1 is 1.14 bits per heavy atom. The van der Waals surface area contributed by atoms with Crippen LogP contribution in [0.5, 0.6) is 5.75 Å². The summed E-state index contributed by atoms with van der Waals surface area (Å²) in [7, 11) is 1.32. The van der Waals surface area contributed by atoms with Crippen LogP contribution in [0.25, 0.3) is 0 Å². The van der Waals surface area contributed by atoms with Gasteiger partial charge in [0.2, 0.25) is 0 Å². The summed E-state index contributed by atoms with van der Waals surface area (Å²) in [4.78, 5) is 22.4. The maximum absolute atomic E-state index is 11.4. The first kappa shape index (κ1) is 14.8. The van der Waals surface area contributed by atoms with Gasteiger partial charge in [0.1, 0.15) is 18.6 Å². The van der Waals surface area contributed by atoms with Gasteiger partial charge in [0.15, 0.2) is 0 Å². The molecule has 2 rings (SSSR count). The van der Waals surface area contributed by atoms with Gasteiger partial charge in [-0.05, 0) is 29.3 Å². The van der Waals surface area contributed by atoms with Crippen molar-refractivity contribution in [3.63, 3.8) is 0 Å². The van der Waals surface area contributed by atoms with Crippen molar-refractivity contribution in [2.75, 3.05) is 7.11 Å². The normalized spacial score (nSPS) is 9.95. The van der Waals surface area contributed by atoms with Crippen molar-refractivity contribution >= 4 is 12.3 Å². The highest BCUT2D eigenvalue weighted by atomic mass is 16.5. The first-order chi connectivity index (χ1) is 10.2. The Hall–Kier alpha value is -2.62. The number of esters is 1. The van der Waals surface area contributed by atoms with E-state index in [0.29, 0.717) is 23.5 Å². The fourth-order valence-corrected chi connectivity index (χ4v) is 1.91. The molecule has 0 unspecified atom stereocenters. The van der Waals surface area contributed by atoms with E-state index in [1.54, 1.807) is 18.2 Å². The van der Waals surface area contributed by atoms with Crippen LogP contribution in [-0.4, -0.2) is 19.4 Å². The molecule has 0 aliphatic carbocycles. The van der Waals surface area contributed by atoms with Gasteiger partial charge in [-0.2, -0.15) is 0 Å². The Morgan fingerprint density at radius 3 is 2.57 bits per heavy atom. The summed E-state index contributed by atoms with van der Waals surface area (Å²) >= 11 is 0. The van der Waals surface area contributed by atoms with Crippen LogP contribution in [0.3, 0.4) is 0 Å². The summed E-state index contributed by atoms with van der Waals surface area (Å²) in [5.74, 6) is 0.224. The van der Waals surface area contributed by atoms with E-state index in [9.17, 15) is 9.59 Å². The summed E-state index contributed by atoms with van der Waals surface area (Å²) < 4.78 is 10.3. The second-order valence-corrected chi connectivity index (χ2v) is 4.51. The average Bonchev–Trinajstić information content (AvgIpc) is 2.54. The van der Waals surface area contributed by atoms with E-state index in [1.165, 1.54) is 7.11 Å². The van der Waals surface area contributed by atoms with E-state index in [-0.39, 0.29) is 6.42 Å². The standard InChI is InChI=1S/C17H16O4/c1-20-17(19)10-15-9-16(8-7-14(15)11-18)21-12-13-5-3-2-4-6-13/h2-9,11H,10,12H2,1H3. The highest BCUT2D eigenvalue weighted by Gasteiger charge is 2.09. The van der Waals surface area contributed by atoms with Crippen LogP contribution in [0.4, 0.5) is 0 Å². The lowest BCUT2D eigenvalue weighted by molar-refractivity contribution is -0.139. The minimum absolute atomic E-state index is 0.0487. The second kappa shape index (κ2) is 7.24. The lowest BCUT2D eigenvalue weighted by Crippen LogP contribution is -2.07. The van der Waals surface area contributed by atoms with Gasteiger partial charge in [-0.1, -0.05) is 30.3 Å². The number of ether oxygens (including phenoxy) is 2. The third-order valence-corrected chi connectivity index (χ3v) is 3.05. The lowest BCUT2D eigenvalue weighted by Gasteiger charge is -2.09. The molecule has 4 nitrogen and oxygen atoms in total. The fraction of sp³-hybridized carbons (Fsp3) is 0.176. The first-order valence-corrected chi connectivity index (χ1v) is 6.54. The summed E-state index contributed by atoms with van der Waals surface area (Å²) in [5.41, 5.74) is 2.11. The van der Waals surface area contributed by atoms with Crippen molar-refractivity contribution in [1.29, 1.82) is 0 Å². The van der Waals surface area contributed by atoms with Crippen molar-refractivity contribution in [2.24, 2.45) is 0 Å². The van der Waals surface area contributed by atoms with Gasteiger partial charge in [0, 0.05) is 5.56 Å². The van der Waals surface area contributed by atoms with Gasteiger partial charge in [0.25, 0.3) is 0 Å². The molecule has 0 aliphatic rings. The SMILES string of the molecule is COC(=O)Cc1cc(OCc2ccccc2)ccc1C=O. The van der Waals surface area contributed by atoms with Crippen molar-refractivity contribution < 1.29 is 19.1 Å². The number of benzene rings is 2. The third kappa shape index (κ3) is 4.18. The van der Waals surface area contributed by atoms with Gasteiger partial charge >= 0.3 is 5.97 Å². The monoisotopic (exact) mass is 284 g/mol. The molecule has 0 radical (unpaired) electrons. The molecule has 0 N–H and O–H groups in total. The average molecular weight is 284 g/mol. The summed E-state index contributed by atoms with van der Waals surface area (Å²) in [6.45, 7) is 0.430. The van der Waals surface area contributed by atoms with E-state index in [0.717, 1.165) is 11.8 Å². The van der Waals surface area contributed by atoms with Gasteiger partial charge < -0.3 is 9.47 Å². The van der Waals surface area contributed by atoms with Crippen molar-refractivity contribution in [2.45, 2.75) is 13.0 Å². The molecule has 2 aromatic rings. The number of hydrogen-bond donors (Lipinski definition) is 0. The topological polar surface area (TPSA) is 52.6 Å². The minimum Gasteiger partial charge on any atom is -0.489 e. The maximum Gasteiger partial charge on any atom is 0.310 e. The number of aldehydes is 1. The zero-order chi connectivity index (χ0) is 15.1. The molecule has 4 heteroatoms. The van der Waals surface area contributed by atoms with E-state index in [4.69, 9.17) is 4.74 Å². The Kier molecular flexibility index (Phi) is 5.10. The molecule has 21 heavy (non-hydrogen) atoms. The Balaban J connectivity index is 2.11. The van der Waals surface area contributed by atoms with Crippen LogP contribution >= 0.6 is 0 Å². The molecule has 0 bridgehead atoms. The molecule has 0 saturated heterocycles. The highest BCUT2D eigenvalue weighted by molar-refractivity contribution is 5.82. The van der Waals surface area contributed by atoms with Gasteiger partial charge in [-0.25, -0.2) is 0 Å². The maximum atomic E-state index is 11.4. The molecule has 0 aromatic heterocycles. The van der Waals surface area contributed by atoms with Crippen LogP contribution in [0, 0.1) is 0 Å². The van der Waals surface area contributed by atoms with E-state index < -0.39 is 5.97 Å².